The molecule has 0 unspecified atom stereocenters. The Morgan fingerprint density at radius 1 is 1.13 bits per heavy atom. The van der Waals surface area contributed by atoms with Gasteiger partial charge in [-0.1, -0.05) is 48.9 Å². The molecule has 7 heteroatoms. The number of hydrogen-bond acceptors (Lipinski definition) is 5. The summed E-state index contributed by atoms with van der Waals surface area (Å²) >= 11 is 7.43. The Morgan fingerprint density at radius 2 is 1.87 bits per heavy atom. The minimum Gasteiger partial charge on any atom is -0.490 e. The van der Waals surface area contributed by atoms with Crippen LogP contribution in [0.15, 0.2) is 47.4 Å². The van der Waals surface area contributed by atoms with Crippen molar-refractivity contribution in [3.63, 3.8) is 0 Å². The predicted octanol–water partition coefficient (Wildman–Crippen LogP) is 6.15. The Bertz CT molecular complexity index is 961. The molecule has 2 aromatic rings. The highest BCUT2D eigenvalue weighted by Crippen LogP contribution is 2.40. The van der Waals surface area contributed by atoms with Crippen LogP contribution in [-0.2, 0) is 11.4 Å². The van der Waals surface area contributed by atoms with E-state index in [0.717, 1.165) is 17.3 Å². The van der Waals surface area contributed by atoms with Crippen LogP contribution >= 0.6 is 23.4 Å². The lowest BCUT2D eigenvalue weighted by Gasteiger charge is -2.19. The summed E-state index contributed by atoms with van der Waals surface area (Å²) in [6.07, 6.45) is 2.38. The van der Waals surface area contributed by atoms with Gasteiger partial charge in [0.05, 0.1) is 16.5 Å². The highest BCUT2D eigenvalue weighted by molar-refractivity contribution is 8.18. The first kappa shape index (κ1) is 22.2. The quantitative estimate of drug-likeness (QED) is 0.456. The third kappa shape index (κ3) is 4.99. The fourth-order valence-electron chi connectivity index (χ4n) is 3.00. The average Bonchev–Trinajstić information content (AvgIpc) is 3.01. The second kappa shape index (κ2) is 10.0. The Balaban J connectivity index is 1.87. The third-order valence-electron chi connectivity index (χ3n) is 4.71. The zero-order valence-electron chi connectivity index (χ0n) is 17.2. The van der Waals surface area contributed by atoms with E-state index >= 15 is 0 Å². The summed E-state index contributed by atoms with van der Waals surface area (Å²) in [4.78, 5) is 26.6. The highest BCUT2D eigenvalue weighted by Gasteiger charge is 2.37. The van der Waals surface area contributed by atoms with Gasteiger partial charge in [0.25, 0.3) is 11.1 Å². The number of imide groups is 1. The zero-order chi connectivity index (χ0) is 21.7. The van der Waals surface area contributed by atoms with E-state index in [2.05, 4.69) is 0 Å². The molecule has 0 aliphatic carbocycles. The maximum Gasteiger partial charge on any atom is 0.293 e. The zero-order valence-corrected chi connectivity index (χ0v) is 18.8. The highest BCUT2D eigenvalue weighted by atomic mass is 35.5. The van der Waals surface area contributed by atoms with Crippen molar-refractivity contribution in [2.24, 2.45) is 0 Å². The van der Waals surface area contributed by atoms with Crippen LogP contribution in [0.25, 0.3) is 6.08 Å². The van der Waals surface area contributed by atoms with E-state index in [4.69, 9.17) is 21.1 Å². The molecule has 1 atom stereocenters. The number of hydrogen-bond donors (Lipinski definition) is 0. The minimum atomic E-state index is -0.280. The molecule has 30 heavy (non-hydrogen) atoms. The SMILES string of the molecule is CCOc1cc(/C=C2/SC(=O)N([C@H](C)CC)C2=O)cc(Cl)c1OCc1ccccc1. The van der Waals surface area contributed by atoms with E-state index in [1.54, 1.807) is 18.2 Å². The number of rotatable bonds is 8. The van der Waals surface area contributed by atoms with Gasteiger partial charge in [-0.3, -0.25) is 14.5 Å². The first-order valence-electron chi connectivity index (χ1n) is 9.84. The Kier molecular flexibility index (Phi) is 7.45. The maximum absolute atomic E-state index is 12.7. The Hall–Kier alpha value is -2.44. The van der Waals surface area contributed by atoms with Crippen molar-refractivity contribution in [2.45, 2.75) is 39.8 Å². The molecule has 2 aromatic carbocycles. The number of ether oxygens (including phenoxy) is 2. The summed E-state index contributed by atoms with van der Waals surface area (Å²) in [5, 5.41) is 0.129. The monoisotopic (exact) mass is 445 g/mol. The number of carbonyl (C=O) groups excluding carboxylic acids is 2. The Morgan fingerprint density at radius 3 is 2.53 bits per heavy atom. The fraction of sp³-hybridized carbons (Fsp3) is 0.304. The van der Waals surface area contributed by atoms with Crippen molar-refractivity contribution < 1.29 is 19.1 Å². The average molecular weight is 446 g/mol. The number of halogens is 1. The van der Waals surface area contributed by atoms with E-state index in [1.807, 2.05) is 51.1 Å². The van der Waals surface area contributed by atoms with Crippen LogP contribution in [0, 0.1) is 0 Å². The molecule has 0 aromatic heterocycles. The van der Waals surface area contributed by atoms with Crippen LogP contribution in [0.5, 0.6) is 11.5 Å². The van der Waals surface area contributed by atoms with Crippen molar-refractivity contribution in [1.29, 1.82) is 0 Å². The molecule has 1 aliphatic rings. The molecule has 3 rings (SSSR count). The van der Waals surface area contributed by atoms with Gasteiger partial charge in [0, 0.05) is 6.04 Å². The van der Waals surface area contributed by atoms with E-state index in [0.29, 0.717) is 46.6 Å². The second-order valence-corrected chi connectivity index (χ2v) is 8.25. The second-order valence-electron chi connectivity index (χ2n) is 6.85. The fourth-order valence-corrected chi connectivity index (χ4v) is 4.20. The van der Waals surface area contributed by atoms with Crippen LogP contribution in [0.2, 0.25) is 5.02 Å². The predicted molar refractivity (Wildman–Crippen MR) is 121 cm³/mol. The first-order chi connectivity index (χ1) is 14.4. The molecule has 0 N–H and O–H groups in total. The molecule has 1 fully saturated rings. The van der Waals surface area contributed by atoms with E-state index < -0.39 is 0 Å². The summed E-state index contributed by atoms with van der Waals surface area (Å²) in [7, 11) is 0. The van der Waals surface area contributed by atoms with Gasteiger partial charge in [-0.15, -0.1) is 0 Å². The molecule has 0 bridgehead atoms. The molecule has 0 saturated carbocycles. The summed E-state index contributed by atoms with van der Waals surface area (Å²) in [6, 6.07) is 13.1. The molecule has 158 valence electrons. The van der Waals surface area contributed by atoms with E-state index in [1.165, 1.54) is 4.90 Å². The molecule has 1 aliphatic heterocycles. The lowest BCUT2D eigenvalue weighted by atomic mass is 10.1. The van der Waals surface area contributed by atoms with Crippen LogP contribution in [0.4, 0.5) is 4.79 Å². The Labute approximate surface area is 186 Å². The molecule has 1 heterocycles. The lowest BCUT2D eigenvalue weighted by molar-refractivity contribution is -0.124. The first-order valence-corrected chi connectivity index (χ1v) is 11.0. The molecule has 1 saturated heterocycles. The minimum absolute atomic E-state index is 0.139. The number of thioether (sulfide) groups is 1. The third-order valence-corrected chi connectivity index (χ3v) is 5.88. The summed E-state index contributed by atoms with van der Waals surface area (Å²) in [5.41, 5.74) is 1.68. The van der Waals surface area contributed by atoms with Crippen LogP contribution in [-0.4, -0.2) is 28.7 Å². The lowest BCUT2D eigenvalue weighted by Crippen LogP contribution is -2.36. The van der Waals surface area contributed by atoms with Gasteiger partial charge >= 0.3 is 0 Å². The van der Waals surface area contributed by atoms with Crippen molar-refractivity contribution >= 4 is 40.6 Å². The maximum atomic E-state index is 12.7. The summed E-state index contributed by atoms with van der Waals surface area (Å²) < 4.78 is 11.6. The van der Waals surface area contributed by atoms with Crippen molar-refractivity contribution in [3.05, 3.63) is 63.5 Å². The number of benzene rings is 2. The topological polar surface area (TPSA) is 55.8 Å². The molecule has 0 spiro atoms. The van der Waals surface area contributed by atoms with Gasteiger partial charge in [0.15, 0.2) is 11.5 Å². The van der Waals surface area contributed by atoms with Gasteiger partial charge in [0.1, 0.15) is 6.61 Å². The molecule has 5 nitrogen and oxygen atoms in total. The largest absolute Gasteiger partial charge is 0.490 e. The van der Waals surface area contributed by atoms with Crippen LogP contribution in [0.3, 0.4) is 0 Å². The normalized spacial score (nSPS) is 16.3. The molecule has 0 radical (unpaired) electrons. The molecule has 2 amide bonds. The van der Waals surface area contributed by atoms with E-state index in [9.17, 15) is 9.59 Å². The van der Waals surface area contributed by atoms with Crippen LogP contribution in [0.1, 0.15) is 38.3 Å². The van der Waals surface area contributed by atoms with Gasteiger partial charge in [0.2, 0.25) is 0 Å². The molecular weight excluding hydrogens is 422 g/mol. The van der Waals surface area contributed by atoms with Gasteiger partial charge < -0.3 is 9.47 Å². The molecular formula is C23H24ClNO4S. The summed E-state index contributed by atoms with van der Waals surface area (Å²) in [6.45, 7) is 6.47. The number of nitrogens with zero attached hydrogens (tertiary/aromatic N) is 1. The smallest absolute Gasteiger partial charge is 0.293 e. The summed E-state index contributed by atoms with van der Waals surface area (Å²) in [5.74, 6) is 0.665. The van der Waals surface area contributed by atoms with E-state index in [-0.39, 0.29) is 17.2 Å². The van der Waals surface area contributed by atoms with Crippen LogP contribution < -0.4 is 9.47 Å². The van der Waals surface area contributed by atoms with Crippen molar-refractivity contribution in [2.75, 3.05) is 6.61 Å². The van der Waals surface area contributed by atoms with Crippen molar-refractivity contribution in [3.8, 4) is 11.5 Å². The number of amides is 2. The van der Waals surface area contributed by atoms with Gasteiger partial charge in [-0.05, 0) is 61.4 Å². The standard InChI is InChI=1S/C23H24ClNO4S/c1-4-15(3)25-22(26)20(30-23(25)27)13-17-11-18(24)21(19(12-17)28-5-2)29-14-16-9-7-6-8-10-16/h6-13,15H,4-5,14H2,1-3H3/b20-13+/t15-/m1/s1. The van der Waals surface area contributed by atoms with Gasteiger partial charge in [-0.2, -0.15) is 0 Å². The van der Waals surface area contributed by atoms with Crippen molar-refractivity contribution in [1.82, 2.24) is 4.90 Å². The van der Waals surface area contributed by atoms with Gasteiger partial charge in [-0.25, -0.2) is 0 Å². The number of carbonyl (C=O) groups is 2.